The first-order valence-corrected chi connectivity index (χ1v) is 11.7. The van der Waals surface area contributed by atoms with Gasteiger partial charge in [-0.15, -0.1) is 0 Å². The number of nitrogens with zero attached hydrogens (tertiary/aromatic N) is 2. The molecule has 0 aliphatic heterocycles. The van der Waals surface area contributed by atoms with Crippen molar-refractivity contribution in [1.29, 1.82) is 0 Å². The third-order valence-electron chi connectivity index (χ3n) is 4.81. The molecular weight excluding hydrogens is 424 g/mol. The Labute approximate surface area is 187 Å². The quantitative estimate of drug-likeness (QED) is 0.404. The fraction of sp³-hybridized carbons (Fsp3) is 0.167. The largest absolute Gasteiger partial charge is 0.494 e. The van der Waals surface area contributed by atoms with Crippen molar-refractivity contribution in [1.82, 2.24) is 9.97 Å². The topological polar surface area (TPSA) is 93.2 Å². The normalized spacial score (nSPS) is 11.3. The van der Waals surface area contributed by atoms with E-state index in [0.29, 0.717) is 23.5 Å². The van der Waals surface area contributed by atoms with Gasteiger partial charge in [0.2, 0.25) is 0 Å². The molecule has 164 valence electrons. The highest BCUT2D eigenvalue weighted by Crippen LogP contribution is 2.28. The van der Waals surface area contributed by atoms with Crippen LogP contribution < -0.4 is 14.8 Å². The minimum absolute atomic E-state index is 0.121. The lowest BCUT2D eigenvalue weighted by atomic mass is 10.2. The summed E-state index contributed by atoms with van der Waals surface area (Å²) in [4.78, 5) is 9.35. The molecule has 3 aromatic carbocycles. The number of anilines is 3. The fourth-order valence-corrected chi connectivity index (χ4v) is 4.17. The third kappa shape index (κ3) is 4.81. The smallest absolute Gasteiger partial charge is 0.263 e. The predicted octanol–water partition coefficient (Wildman–Crippen LogP) is 5.19. The van der Waals surface area contributed by atoms with E-state index in [9.17, 15) is 8.42 Å². The Bertz CT molecular complexity index is 1350. The molecule has 0 amide bonds. The van der Waals surface area contributed by atoms with Crippen molar-refractivity contribution >= 4 is 38.4 Å². The molecule has 4 aromatic rings. The van der Waals surface area contributed by atoms with Gasteiger partial charge in [-0.05, 0) is 74.9 Å². The summed E-state index contributed by atoms with van der Waals surface area (Å²) in [6.07, 6.45) is 0. The fourth-order valence-electron chi connectivity index (χ4n) is 3.16. The summed E-state index contributed by atoms with van der Waals surface area (Å²) < 4.78 is 34.1. The van der Waals surface area contributed by atoms with Crippen LogP contribution in [0.1, 0.15) is 18.1 Å². The van der Waals surface area contributed by atoms with Crippen molar-refractivity contribution in [2.24, 2.45) is 0 Å². The Hall–Kier alpha value is -3.65. The molecule has 0 bridgehead atoms. The molecule has 8 heteroatoms. The minimum Gasteiger partial charge on any atom is -0.494 e. The van der Waals surface area contributed by atoms with Crippen molar-refractivity contribution in [3.63, 3.8) is 0 Å². The number of hydrogen-bond donors (Lipinski definition) is 2. The average molecular weight is 449 g/mol. The molecule has 0 aliphatic rings. The van der Waals surface area contributed by atoms with Crippen molar-refractivity contribution < 1.29 is 13.2 Å². The zero-order chi connectivity index (χ0) is 22.7. The molecule has 1 heterocycles. The van der Waals surface area contributed by atoms with Crippen molar-refractivity contribution in [3.05, 3.63) is 77.9 Å². The van der Waals surface area contributed by atoms with Gasteiger partial charge in [-0.3, -0.25) is 4.72 Å². The van der Waals surface area contributed by atoms with E-state index < -0.39 is 10.0 Å². The van der Waals surface area contributed by atoms with Gasteiger partial charge in [0, 0.05) is 5.69 Å². The molecule has 1 aromatic heterocycles. The summed E-state index contributed by atoms with van der Waals surface area (Å²) in [5.74, 6) is 1.18. The van der Waals surface area contributed by atoms with Gasteiger partial charge in [0.05, 0.1) is 22.5 Å². The predicted molar refractivity (Wildman–Crippen MR) is 127 cm³/mol. The zero-order valence-electron chi connectivity index (χ0n) is 18.1. The van der Waals surface area contributed by atoms with E-state index in [1.54, 1.807) is 24.3 Å². The number of sulfonamides is 1. The number of benzene rings is 3. The lowest BCUT2D eigenvalue weighted by Gasteiger charge is -2.14. The Morgan fingerprint density at radius 1 is 0.812 bits per heavy atom. The van der Waals surface area contributed by atoms with E-state index in [4.69, 9.17) is 4.74 Å². The van der Waals surface area contributed by atoms with Crippen LogP contribution >= 0.6 is 0 Å². The summed E-state index contributed by atoms with van der Waals surface area (Å²) in [5, 5.41) is 3.18. The van der Waals surface area contributed by atoms with Crippen LogP contribution in [0.5, 0.6) is 5.75 Å². The lowest BCUT2D eigenvalue weighted by Crippen LogP contribution is -2.16. The average Bonchev–Trinajstić information content (AvgIpc) is 2.76. The van der Waals surface area contributed by atoms with Crippen LogP contribution in [0.3, 0.4) is 0 Å². The van der Waals surface area contributed by atoms with Gasteiger partial charge in [-0.1, -0.05) is 23.8 Å². The van der Waals surface area contributed by atoms with Crippen LogP contribution in [0.4, 0.5) is 17.3 Å². The van der Waals surface area contributed by atoms with Crippen molar-refractivity contribution in [2.75, 3.05) is 16.6 Å². The highest BCUT2D eigenvalue weighted by molar-refractivity contribution is 7.92. The Morgan fingerprint density at radius 3 is 2.16 bits per heavy atom. The number of rotatable bonds is 7. The third-order valence-corrected chi connectivity index (χ3v) is 6.16. The summed E-state index contributed by atoms with van der Waals surface area (Å²) in [5.41, 5.74) is 3.99. The number of aromatic nitrogens is 2. The number of ether oxygens (including phenoxy) is 1. The van der Waals surface area contributed by atoms with E-state index in [0.717, 1.165) is 22.6 Å². The summed E-state index contributed by atoms with van der Waals surface area (Å²) >= 11 is 0. The molecule has 0 unspecified atom stereocenters. The summed E-state index contributed by atoms with van der Waals surface area (Å²) in [6, 6.07) is 19.6. The Balaban J connectivity index is 1.74. The number of aryl methyl sites for hydroxylation is 2. The van der Waals surface area contributed by atoms with Gasteiger partial charge in [0.25, 0.3) is 10.0 Å². The first kappa shape index (κ1) is 21.6. The second kappa shape index (κ2) is 8.84. The molecule has 7 nitrogen and oxygen atoms in total. The minimum atomic E-state index is -3.85. The van der Waals surface area contributed by atoms with E-state index in [-0.39, 0.29) is 10.7 Å². The van der Waals surface area contributed by atoms with Gasteiger partial charge in [-0.2, -0.15) is 0 Å². The standard InChI is InChI=1S/C24H24N4O3S/c1-4-31-19-10-8-18(9-11-19)25-23-24(26-21-14-7-17(3)15-22(21)27-23)28-32(29,30)20-12-5-16(2)6-13-20/h5-15H,4H2,1-3H3,(H,25,27)(H,26,28). The number of nitrogens with one attached hydrogen (secondary N) is 2. The monoisotopic (exact) mass is 448 g/mol. The zero-order valence-corrected chi connectivity index (χ0v) is 18.9. The molecular formula is C24H24N4O3S. The first-order valence-electron chi connectivity index (χ1n) is 10.2. The SMILES string of the molecule is CCOc1ccc(Nc2nc3cc(C)ccc3nc2NS(=O)(=O)c2ccc(C)cc2)cc1. The van der Waals surface area contributed by atoms with Gasteiger partial charge in [-0.25, -0.2) is 18.4 Å². The molecule has 32 heavy (non-hydrogen) atoms. The highest BCUT2D eigenvalue weighted by atomic mass is 32.2. The molecule has 0 atom stereocenters. The van der Waals surface area contributed by atoms with E-state index in [2.05, 4.69) is 20.0 Å². The van der Waals surface area contributed by atoms with Crippen LogP contribution in [0.2, 0.25) is 0 Å². The molecule has 4 rings (SSSR count). The van der Waals surface area contributed by atoms with E-state index in [1.807, 2.05) is 63.2 Å². The van der Waals surface area contributed by atoms with Gasteiger partial charge in [0.1, 0.15) is 5.75 Å². The van der Waals surface area contributed by atoms with E-state index in [1.165, 1.54) is 0 Å². The van der Waals surface area contributed by atoms with Crippen LogP contribution in [-0.2, 0) is 10.0 Å². The summed E-state index contributed by atoms with van der Waals surface area (Å²) in [6.45, 7) is 6.37. The molecule has 0 radical (unpaired) electrons. The highest BCUT2D eigenvalue weighted by Gasteiger charge is 2.19. The second-order valence-corrected chi connectivity index (χ2v) is 9.10. The Kier molecular flexibility index (Phi) is 5.96. The van der Waals surface area contributed by atoms with Crippen LogP contribution in [0.25, 0.3) is 11.0 Å². The molecule has 0 saturated heterocycles. The van der Waals surface area contributed by atoms with Crippen molar-refractivity contribution in [3.8, 4) is 5.75 Å². The maximum atomic E-state index is 13.0. The van der Waals surface area contributed by atoms with Crippen molar-refractivity contribution in [2.45, 2.75) is 25.7 Å². The molecule has 0 spiro atoms. The van der Waals surface area contributed by atoms with Gasteiger partial charge < -0.3 is 10.1 Å². The molecule has 2 N–H and O–H groups in total. The number of hydrogen-bond acceptors (Lipinski definition) is 6. The summed E-state index contributed by atoms with van der Waals surface area (Å²) in [7, 11) is -3.85. The van der Waals surface area contributed by atoms with Gasteiger partial charge in [0.15, 0.2) is 11.6 Å². The lowest BCUT2D eigenvalue weighted by molar-refractivity contribution is 0.340. The van der Waals surface area contributed by atoms with Crippen LogP contribution in [0, 0.1) is 13.8 Å². The maximum Gasteiger partial charge on any atom is 0.263 e. The van der Waals surface area contributed by atoms with E-state index >= 15 is 0 Å². The Morgan fingerprint density at radius 2 is 1.47 bits per heavy atom. The number of fused-ring (bicyclic) bond motifs is 1. The molecule has 0 aliphatic carbocycles. The first-order chi connectivity index (χ1) is 15.3. The maximum absolute atomic E-state index is 13.0. The van der Waals surface area contributed by atoms with Crippen LogP contribution in [-0.4, -0.2) is 25.0 Å². The van der Waals surface area contributed by atoms with Crippen LogP contribution in [0.15, 0.2) is 71.6 Å². The second-order valence-electron chi connectivity index (χ2n) is 7.41. The van der Waals surface area contributed by atoms with Gasteiger partial charge >= 0.3 is 0 Å². The molecule has 0 saturated carbocycles. The molecule has 0 fully saturated rings.